The Morgan fingerprint density at radius 2 is 1.71 bits per heavy atom. The van der Waals surface area contributed by atoms with Crippen molar-refractivity contribution in [1.82, 2.24) is 0 Å². The fourth-order valence-corrected chi connectivity index (χ4v) is 1.70. The summed E-state index contributed by atoms with van der Waals surface area (Å²) in [7, 11) is 0. The van der Waals surface area contributed by atoms with Gasteiger partial charge in [0.05, 0.1) is 0 Å². The smallest absolute Gasteiger partial charge is 0.311 e. The lowest BCUT2D eigenvalue weighted by molar-refractivity contribution is -0.142. The molecule has 0 bridgehead atoms. The quantitative estimate of drug-likeness (QED) is 0.421. The molecule has 1 aromatic carbocycles. The zero-order valence-corrected chi connectivity index (χ0v) is 13.8. The van der Waals surface area contributed by atoms with E-state index >= 15 is 0 Å². The number of halogens is 1. The van der Waals surface area contributed by atoms with Crippen LogP contribution in [0.1, 0.15) is 33.1 Å². The van der Waals surface area contributed by atoms with Gasteiger partial charge in [0.1, 0.15) is 12.4 Å². The molecule has 0 saturated carbocycles. The molecule has 0 aliphatic carbocycles. The van der Waals surface area contributed by atoms with Gasteiger partial charge in [-0.05, 0) is 50.6 Å². The van der Waals surface area contributed by atoms with Crippen molar-refractivity contribution in [2.24, 2.45) is 0 Å². The number of rotatable bonds is 7. The van der Waals surface area contributed by atoms with Gasteiger partial charge >= 0.3 is 11.9 Å². The van der Waals surface area contributed by atoms with Gasteiger partial charge in [0, 0.05) is 17.3 Å². The van der Waals surface area contributed by atoms with Gasteiger partial charge in [-0.1, -0.05) is 21.5 Å². The fraction of sp³-hybridized carbons (Fsp3) is 0.375. The third-order valence-electron chi connectivity index (χ3n) is 2.54. The van der Waals surface area contributed by atoms with E-state index < -0.39 is 0 Å². The van der Waals surface area contributed by atoms with Gasteiger partial charge < -0.3 is 9.47 Å². The molecule has 4 nitrogen and oxygen atoms in total. The molecule has 5 heteroatoms. The van der Waals surface area contributed by atoms with E-state index in [1.165, 1.54) is 0 Å². The Bertz CT molecular complexity index is 502. The Morgan fingerprint density at radius 3 is 2.33 bits per heavy atom. The van der Waals surface area contributed by atoms with Crippen molar-refractivity contribution >= 4 is 27.9 Å². The van der Waals surface area contributed by atoms with Crippen LogP contribution in [0.4, 0.5) is 0 Å². The molecular formula is C16H19BrO4. The molecule has 0 fully saturated rings. The molecule has 0 aromatic heterocycles. The SMILES string of the molecule is CC(C)=CCOC(=O)CCCC(=O)Oc1ccc(Br)cc1. The number of hydrogen-bond acceptors (Lipinski definition) is 4. The van der Waals surface area contributed by atoms with Gasteiger partial charge in [-0.15, -0.1) is 0 Å². The summed E-state index contributed by atoms with van der Waals surface area (Å²) in [5, 5.41) is 0. The second-order valence-corrected chi connectivity index (χ2v) is 5.66. The van der Waals surface area contributed by atoms with Gasteiger partial charge in [0.2, 0.25) is 0 Å². The van der Waals surface area contributed by atoms with Gasteiger partial charge in [-0.25, -0.2) is 0 Å². The first-order chi connectivity index (χ1) is 9.97. The van der Waals surface area contributed by atoms with Crippen LogP contribution in [-0.4, -0.2) is 18.5 Å². The van der Waals surface area contributed by atoms with Crippen LogP contribution in [0.5, 0.6) is 5.75 Å². The molecule has 1 aromatic rings. The van der Waals surface area contributed by atoms with Crippen molar-refractivity contribution in [3.05, 3.63) is 40.4 Å². The zero-order chi connectivity index (χ0) is 15.7. The fourth-order valence-electron chi connectivity index (χ4n) is 1.44. The highest BCUT2D eigenvalue weighted by Crippen LogP contribution is 2.16. The second kappa shape index (κ2) is 9.34. The number of carbonyl (C=O) groups is 2. The average Bonchev–Trinajstić information content (AvgIpc) is 2.41. The summed E-state index contributed by atoms with van der Waals surface area (Å²) in [5.41, 5.74) is 1.10. The standard InChI is InChI=1S/C16H19BrO4/c1-12(2)10-11-20-15(18)4-3-5-16(19)21-14-8-6-13(17)7-9-14/h6-10H,3-5,11H2,1-2H3. The summed E-state index contributed by atoms with van der Waals surface area (Å²) in [5.74, 6) is -0.160. The van der Waals surface area contributed by atoms with E-state index in [-0.39, 0.29) is 31.4 Å². The summed E-state index contributed by atoms with van der Waals surface area (Å²) < 4.78 is 11.1. The molecule has 0 unspecified atom stereocenters. The van der Waals surface area contributed by atoms with Crippen molar-refractivity contribution in [2.45, 2.75) is 33.1 Å². The van der Waals surface area contributed by atoms with Crippen molar-refractivity contribution in [1.29, 1.82) is 0 Å². The van der Waals surface area contributed by atoms with Crippen LogP contribution in [0.2, 0.25) is 0 Å². The van der Waals surface area contributed by atoms with Gasteiger partial charge in [-0.3, -0.25) is 9.59 Å². The van der Waals surface area contributed by atoms with Crippen LogP contribution < -0.4 is 4.74 Å². The molecule has 1 rings (SSSR count). The Balaban J connectivity index is 2.20. The minimum absolute atomic E-state index is 0.188. The van der Waals surface area contributed by atoms with E-state index in [2.05, 4.69) is 15.9 Å². The van der Waals surface area contributed by atoms with Crippen LogP contribution in [0.15, 0.2) is 40.4 Å². The molecule has 21 heavy (non-hydrogen) atoms. The van der Waals surface area contributed by atoms with Crippen LogP contribution in [0.3, 0.4) is 0 Å². The molecule has 0 aliphatic heterocycles. The number of benzene rings is 1. The van der Waals surface area contributed by atoms with Crippen LogP contribution in [0.25, 0.3) is 0 Å². The van der Waals surface area contributed by atoms with Gasteiger partial charge in [0.25, 0.3) is 0 Å². The summed E-state index contributed by atoms with van der Waals surface area (Å²) in [6, 6.07) is 7.00. The van der Waals surface area contributed by atoms with E-state index in [4.69, 9.17) is 9.47 Å². The Hall–Kier alpha value is -1.62. The molecule has 0 atom stereocenters. The molecule has 0 N–H and O–H groups in total. The lowest BCUT2D eigenvalue weighted by atomic mass is 10.2. The van der Waals surface area contributed by atoms with Crippen LogP contribution >= 0.6 is 15.9 Å². The maximum atomic E-state index is 11.6. The van der Waals surface area contributed by atoms with Gasteiger partial charge in [0.15, 0.2) is 0 Å². The van der Waals surface area contributed by atoms with E-state index in [0.29, 0.717) is 12.2 Å². The largest absolute Gasteiger partial charge is 0.461 e. The zero-order valence-electron chi connectivity index (χ0n) is 12.2. The van der Waals surface area contributed by atoms with Crippen molar-refractivity contribution < 1.29 is 19.1 Å². The molecule has 0 radical (unpaired) electrons. The third kappa shape index (κ3) is 8.30. The summed E-state index contributed by atoms with van der Waals surface area (Å²) in [4.78, 5) is 23.0. The van der Waals surface area contributed by atoms with Crippen LogP contribution in [0, 0.1) is 0 Å². The molecule has 114 valence electrons. The highest BCUT2D eigenvalue weighted by atomic mass is 79.9. The number of esters is 2. The van der Waals surface area contributed by atoms with E-state index in [1.807, 2.05) is 19.9 Å². The minimum atomic E-state index is -0.352. The monoisotopic (exact) mass is 354 g/mol. The lowest BCUT2D eigenvalue weighted by Crippen LogP contribution is -2.10. The number of allylic oxidation sites excluding steroid dienone is 1. The molecule has 0 spiro atoms. The topological polar surface area (TPSA) is 52.6 Å². The van der Waals surface area contributed by atoms with E-state index in [9.17, 15) is 9.59 Å². The van der Waals surface area contributed by atoms with Crippen molar-refractivity contribution in [3.8, 4) is 5.75 Å². The van der Waals surface area contributed by atoms with E-state index in [1.54, 1.807) is 24.3 Å². The Labute approximate surface area is 133 Å². The summed E-state index contributed by atoms with van der Waals surface area (Å²) in [6.07, 6.45) is 2.66. The Morgan fingerprint density at radius 1 is 1.10 bits per heavy atom. The number of ether oxygens (including phenoxy) is 2. The molecule has 0 amide bonds. The predicted octanol–water partition coefficient (Wildman–Crippen LogP) is 4.03. The van der Waals surface area contributed by atoms with Gasteiger partial charge in [-0.2, -0.15) is 0 Å². The number of carbonyl (C=O) groups excluding carboxylic acids is 2. The summed E-state index contributed by atoms with van der Waals surface area (Å²) >= 11 is 3.30. The average molecular weight is 355 g/mol. The summed E-state index contributed by atoms with van der Waals surface area (Å²) in [6.45, 7) is 4.16. The third-order valence-corrected chi connectivity index (χ3v) is 3.07. The number of hydrogen-bond donors (Lipinski definition) is 0. The van der Waals surface area contributed by atoms with E-state index in [0.717, 1.165) is 10.0 Å². The molecule has 0 heterocycles. The van der Waals surface area contributed by atoms with Crippen LogP contribution in [-0.2, 0) is 14.3 Å². The lowest BCUT2D eigenvalue weighted by Gasteiger charge is -2.04. The first kappa shape index (κ1) is 17.4. The first-order valence-corrected chi connectivity index (χ1v) is 7.52. The second-order valence-electron chi connectivity index (χ2n) is 4.75. The molecule has 0 saturated heterocycles. The maximum Gasteiger partial charge on any atom is 0.311 e. The normalized spacial score (nSPS) is 9.86. The van der Waals surface area contributed by atoms with Crippen molar-refractivity contribution in [3.63, 3.8) is 0 Å². The minimum Gasteiger partial charge on any atom is -0.461 e. The molecular weight excluding hydrogens is 336 g/mol. The first-order valence-electron chi connectivity index (χ1n) is 6.72. The molecule has 0 aliphatic rings. The predicted molar refractivity (Wildman–Crippen MR) is 84.0 cm³/mol. The highest BCUT2D eigenvalue weighted by Gasteiger charge is 2.08. The highest BCUT2D eigenvalue weighted by molar-refractivity contribution is 9.10. The maximum absolute atomic E-state index is 11.6. The van der Waals surface area contributed by atoms with Crippen molar-refractivity contribution in [2.75, 3.05) is 6.61 Å². The Kier molecular flexibility index (Phi) is 7.75.